The summed E-state index contributed by atoms with van der Waals surface area (Å²) >= 11 is 0. The number of hydrogen-bond donors (Lipinski definition) is 1. The van der Waals surface area contributed by atoms with E-state index in [2.05, 4.69) is 27.1 Å². The maximum atomic E-state index is 10.9. The number of anilines is 1. The molecule has 1 atom stereocenters. The third-order valence-electron chi connectivity index (χ3n) is 6.66. The van der Waals surface area contributed by atoms with Crippen molar-refractivity contribution in [2.75, 3.05) is 51.4 Å². The number of para-hydroxylation sites is 1. The maximum absolute atomic E-state index is 10.9. The highest BCUT2D eigenvalue weighted by molar-refractivity contribution is 5.68. The minimum atomic E-state index is -0.634. The van der Waals surface area contributed by atoms with Crippen LogP contribution in [0.2, 0.25) is 0 Å². The molecule has 0 amide bonds. The van der Waals surface area contributed by atoms with Gasteiger partial charge in [0, 0.05) is 52.0 Å². The molecule has 0 unspecified atom stereocenters. The van der Waals surface area contributed by atoms with Gasteiger partial charge in [-0.25, -0.2) is 0 Å². The fourth-order valence-electron chi connectivity index (χ4n) is 4.76. The molecule has 0 spiro atoms. The summed E-state index contributed by atoms with van der Waals surface area (Å²) in [5.41, 5.74) is 4.05. The second-order valence-corrected chi connectivity index (χ2v) is 9.54. The van der Waals surface area contributed by atoms with Crippen LogP contribution in [-0.2, 0) is 11.3 Å². The van der Waals surface area contributed by atoms with Crippen LogP contribution in [0.4, 0.5) is 5.88 Å². The molecule has 0 radical (unpaired) electrons. The number of ether oxygens (including phenoxy) is 2. The van der Waals surface area contributed by atoms with Gasteiger partial charge >= 0.3 is 0 Å². The number of nitrogens with zero attached hydrogens (tertiary/aromatic N) is 3. The monoisotopic (exact) mass is 493 g/mol. The first-order valence-electron chi connectivity index (χ1n) is 13.0. The predicted molar refractivity (Wildman–Crippen MR) is 142 cm³/mol. The van der Waals surface area contributed by atoms with Gasteiger partial charge in [-0.2, -0.15) is 0 Å². The number of rotatable bonds is 13. The van der Waals surface area contributed by atoms with Crippen LogP contribution in [0.3, 0.4) is 0 Å². The van der Waals surface area contributed by atoms with Crippen molar-refractivity contribution in [3.63, 3.8) is 0 Å². The summed E-state index contributed by atoms with van der Waals surface area (Å²) in [4.78, 5) is 4.58. The quantitative estimate of drug-likeness (QED) is 0.339. The van der Waals surface area contributed by atoms with Gasteiger partial charge in [-0.3, -0.25) is 4.90 Å². The molecule has 1 saturated heterocycles. The van der Waals surface area contributed by atoms with Gasteiger partial charge < -0.3 is 24.0 Å². The molecule has 2 heterocycles. The van der Waals surface area contributed by atoms with Crippen molar-refractivity contribution in [1.29, 1.82) is 0 Å². The number of methoxy groups -OCH3 is 1. The topological polar surface area (TPSA) is 71.2 Å². The molecule has 0 saturated carbocycles. The van der Waals surface area contributed by atoms with Gasteiger partial charge in [0.15, 0.2) is 0 Å². The van der Waals surface area contributed by atoms with E-state index in [0.717, 1.165) is 72.9 Å². The van der Waals surface area contributed by atoms with Crippen LogP contribution in [0.5, 0.6) is 5.75 Å². The SMILES string of the molecule is COCCCN(Cc1c(-c2ccccc2)noc1N1CCCCC1)C[C@H](O)COc1ccccc1C. The second kappa shape index (κ2) is 13.4. The summed E-state index contributed by atoms with van der Waals surface area (Å²) in [6.45, 7) is 6.77. The maximum Gasteiger partial charge on any atom is 0.232 e. The lowest BCUT2D eigenvalue weighted by atomic mass is 10.1. The Kier molecular flexibility index (Phi) is 9.78. The standard InChI is InChI=1S/C29H39N3O4/c1-23-12-7-8-15-27(23)35-22-25(33)20-31(16-11-19-34-2)21-26-28(24-13-5-3-6-14-24)30-36-29(26)32-17-9-4-10-18-32/h3,5-8,12-15,25,33H,4,9-11,16-22H2,1-2H3/t25-/m0/s1. The van der Waals surface area contributed by atoms with E-state index in [-0.39, 0.29) is 6.61 Å². The zero-order valence-electron chi connectivity index (χ0n) is 21.6. The van der Waals surface area contributed by atoms with Crippen LogP contribution < -0.4 is 9.64 Å². The summed E-state index contributed by atoms with van der Waals surface area (Å²) in [5.74, 6) is 1.66. The Balaban J connectivity index is 1.53. The van der Waals surface area contributed by atoms with Crippen LogP contribution in [-0.4, -0.2) is 67.8 Å². The van der Waals surface area contributed by atoms with E-state index >= 15 is 0 Å². The molecule has 7 heteroatoms. The molecule has 7 nitrogen and oxygen atoms in total. The molecule has 0 aliphatic carbocycles. The lowest BCUT2D eigenvalue weighted by Crippen LogP contribution is -2.37. The van der Waals surface area contributed by atoms with E-state index in [4.69, 9.17) is 14.0 Å². The zero-order valence-corrected chi connectivity index (χ0v) is 21.6. The highest BCUT2D eigenvalue weighted by atomic mass is 16.5. The zero-order chi connectivity index (χ0) is 25.2. The van der Waals surface area contributed by atoms with E-state index in [1.807, 2.05) is 49.4 Å². The molecule has 1 aliphatic rings. The molecule has 1 aromatic heterocycles. The average molecular weight is 494 g/mol. The number of hydrogen-bond acceptors (Lipinski definition) is 7. The summed E-state index contributed by atoms with van der Waals surface area (Å²) in [7, 11) is 1.72. The van der Waals surface area contributed by atoms with Crippen molar-refractivity contribution in [1.82, 2.24) is 10.1 Å². The molecular weight excluding hydrogens is 454 g/mol. The molecule has 194 valence electrons. The van der Waals surface area contributed by atoms with Crippen molar-refractivity contribution in [3.05, 3.63) is 65.7 Å². The van der Waals surface area contributed by atoms with Crippen molar-refractivity contribution in [3.8, 4) is 17.0 Å². The van der Waals surface area contributed by atoms with Crippen LogP contribution in [0, 0.1) is 6.92 Å². The Labute approximate surface area is 214 Å². The van der Waals surface area contributed by atoms with Crippen LogP contribution >= 0.6 is 0 Å². The van der Waals surface area contributed by atoms with Gasteiger partial charge in [-0.1, -0.05) is 53.7 Å². The van der Waals surface area contributed by atoms with E-state index in [9.17, 15) is 5.11 Å². The number of aromatic nitrogens is 1. The van der Waals surface area contributed by atoms with Gasteiger partial charge in [-0.05, 0) is 44.2 Å². The van der Waals surface area contributed by atoms with Crippen molar-refractivity contribution in [2.45, 2.75) is 45.3 Å². The molecule has 1 aliphatic heterocycles. The van der Waals surface area contributed by atoms with Gasteiger partial charge in [-0.15, -0.1) is 0 Å². The van der Waals surface area contributed by atoms with Crippen LogP contribution in [0.25, 0.3) is 11.3 Å². The molecule has 0 bridgehead atoms. The summed E-state index contributed by atoms with van der Waals surface area (Å²) < 4.78 is 17.2. The number of benzene rings is 2. The summed E-state index contributed by atoms with van der Waals surface area (Å²) in [5, 5.41) is 15.4. The largest absolute Gasteiger partial charge is 0.491 e. The summed E-state index contributed by atoms with van der Waals surface area (Å²) in [6.07, 6.45) is 3.81. The number of aliphatic hydroxyl groups excluding tert-OH is 1. The Morgan fingerprint density at radius 2 is 1.81 bits per heavy atom. The van der Waals surface area contributed by atoms with Gasteiger partial charge in [0.2, 0.25) is 5.88 Å². The third kappa shape index (κ3) is 7.09. The average Bonchev–Trinajstić information content (AvgIpc) is 3.32. The molecule has 1 N–H and O–H groups in total. The van der Waals surface area contributed by atoms with E-state index in [0.29, 0.717) is 19.7 Å². The van der Waals surface area contributed by atoms with Crippen LogP contribution in [0.15, 0.2) is 59.1 Å². The first-order chi connectivity index (χ1) is 17.7. The highest BCUT2D eigenvalue weighted by Crippen LogP contribution is 2.34. The Morgan fingerprint density at radius 1 is 1.06 bits per heavy atom. The van der Waals surface area contributed by atoms with Gasteiger partial charge in [0.05, 0.1) is 5.56 Å². The molecule has 3 aromatic rings. The highest BCUT2D eigenvalue weighted by Gasteiger charge is 2.26. The van der Waals surface area contributed by atoms with Gasteiger partial charge in [0.25, 0.3) is 0 Å². The van der Waals surface area contributed by atoms with Crippen molar-refractivity contribution < 1.29 is 19.1 Å². The smallest absolute Gasteiger partial charge is 0.232 e. The first-order valence-corrected chi connectivity index (χ1v) is 13.0. The van der Waals surface area contributed by atoms with Crippen molar-refractivity contribution >= 4 is 5.88 Å². The van der Waals surface area contributed by atoms with E-state index < -0.39 is 6.10 Å². The molecular formula is C29H39N3O4. The predicted octanol–water partition coefficient (Wildman–Crippen LogP) is 4.92. The Morgan fingerprint density at radius 3 is 2.56 bits per heavy atom. The minimum Gasteiger partial charge on any atom is -0.491 e. The van der Waals surface area contributed by atoms with E-state index in [1.165, 1.54) is 6.42 Å². The van der Waals surface area contributed by atoms with E-state index in [1.54, 1.807) is 7.11 Å². The number of piperidine rings is 1. The van der Waals surface area contributed by atoms with Crippen LogP contribution in [0.1, 0.15) is 36.8 Å². The number of aliphatic hydroxyl groups is 1. The third-order valence-corrected chi connectivity index (χ3v) is 6.66. The lowest BCUT2D eigenvalue weighted by molar-refractivity contribution is 0.0616. The van der Waals surface area contributed by atoms with Gasteiger partial charge in [0.1, 0.15) is 24.2 Å². The Bertz CT molecular complexity index is 1050. The molecule has 4 rings (SSSR count). The second-order valence-electron chi connectivity index (χ2n) is 9.54. The minimum absolute atomic E-state index is 0.236. The van der Waals surface area contributed by atoms with Crippen molar-refractivity contribution in [2.24, 2.45) is 0 Å². The molecule has 1 fully saturated rings. The lowest BCUT2D eigenvalue weighted by Gasteiger charge is -2.29. The first kappa shape index (κ1) is 26.2. The summed E-state index contributed by atoms with van der Waals surface area (Å²) in [6, 6.07) is 18.1. The fraction of sp³-hybridized carbons (Fsp3) is 0.483. The number of aryl methyl sites for hydroxylation is 1. The Hall–Kier alpha value is -2.87. The fourth-order valence-corrected chi connectivity index (χ4v) is 4.76. The molecule has 36 heavy (non-hydrogen) atoms. The normalized spacial score (nSPS) is 14.8. The molecule has 2 aromatic carbocycles.